The van der Waals surface area contributed by atoms with Crippen LogP contribution >= 0.6 is 11.3 Å². The van der Waals surface area contributed by atoms with Gasteiger partial charge in [-0.15, -0.1) is 11.3 Å². The van der Waals surface area contributed by atoms with Crippen molar-refractivity contribution in [1.29, 1.82) is 0 Å². The van der Waals surface area contributed by atoms with Crippen LogP contribution in [0.2, 0.25) is 0 Å². The maximum Gasteiger partial charge on any atom is 0.134 e. The normalized spacial score (nSPS) is 23.1. The number of anilines is 1. The lowest BCUT2D eigenvalue weighted by Gasteiger charge is -2.39. The minimum Gasteiger partial charge on any atom is -0.366 e. The minimum atomic E-state index is 0.373. The smallest absolute Gasteiger partial charge is 0.134 e. The van der Waals surface area contributed by atoms with Gasteiger partial charge >= 0.3 is 0 Å². The van der Waals surface area contributed by atoms with Gasteiger partial charge in [-0.05, 0) is 35.8 Å². The van der Waals surface area contributed by atoms with Crippen LogP contribution in [0.25, 0.3) is 10.1 Å². The summed E-state index contributed by atoms with van der Waals surface area (Å²) in [6, 6.07) is 4.81. The largest absolute Gasteiger partial charge is 0.366 e. The van der Waals surface area contributed by atoms with Gasteiger partial charge in [0.1, 0.15) is 5.82 Å². The summed E-state index contributed by atoms with van der Waals surface area (Å²) >= 11 is 1.78. The zero-order chi connectivity index (χ0) is 12.6. The molecule has 1 atom stereocenters. The first-order chi connectivity index (χ1) is 8.67. The number of hydrogen-bond donors (Lipinski definition) is 1. The minimum absolute atomic E-state index is 0.373. The van der Waals surface area contributed by atoms with Crippen molar-refractivity contribution in [2.45, 2.75) is 45.6 Å². The van der Waals surface area contributed by atoms with Crippen molar-refractivity contribution in [3.8, 4) is 0 Å². The van der Waals surface area contributed by atoms with Crippen molar-refractivity contribution in [1.82, 2.24) is 4.98 Å². The van der Waals surface area contributed by atoms with Crippen molar-refractivity contribution >= 4 is 27.2 Å². The van der Waals surface area contributed by atoms with Crippen molar-refractivity contribution in [2.24, 2.45) is 5.41 Å². The molecule has 1 fully saturated rings. The summed E-state index contributed by atoms with van der Waals surface area (Å²) in [6.45, 7) is 4.75. The van der Waals surface area contributed by atoms with Crippen LogP contribution in [0.4, 0.5) is 5.82 Å². The molecule has 0 aromatic carbocycles. The zero-order valence-corrected chi connectivity index (χ0v) is 11.9. The van der Waals surface area contributed by atoms with E-state index in [0.29, 0.717) is 11.5 Å². The molecule has 1 N–H and O–H groups in total. The zero-order valence-electron chi connectivity index (χ0n) is 11.1. The fourth-order valence-electron chi connectivity index (χ4n) is 2.94. The Morgan fingerprint density at radius 1 is 1.33 bits per heavy atom. The molecule has 1 unspecified atom stereocenters. The lowest BCUT2D eigenvalue weighted by molar-refractivity contribution is 0.217. The standard InChI is InChI=1S/C15H20N2S/c1-15(2)8-4-3-5-13(15)17-14-11-7-10-18-12(11)6-9-16-14/h6-7,9-10,13H,3-5,8H2,1-2H3,(H,16,17). The molecule has 1 saturated carbocycles. The number of thiophene rings is 1. The number of aromatic nitrogens is 1. The molecule has 0 radical (unpaired) electrons. The Kier molecular flexibility index (Phi) is 3.02. The van der Waals surface area contributed by atoms with Gasteiger partial charge in [-0.25, -0.2) is 4.98 Å². The van der Waals surface area contributed by atoms with Gasteiger partial charge in [-0.3, -0.25) is 0 Å². The van der Waals surface area contributed by atoms with Gasteiger partial charge in [0.2, 0.25) is 0 Å². The second-order valence-electron chi connectivity index (χ2n) is 5.92. The average molecular weight is 260 g/mol. The second-order valence-corrected chi connectivity index (χ2v) is 6.87. The summed E-state index contributed by atoms with van der Waals surface area (Å²) in [6.07, 6.45) is 7.18. The first kappa shape index (κ1) is 12.0. The van der Waals surface area contributed by atoms with Gasteiger partial charge in [0.15, 0.2) is 0 Å². The third-order valence-electron chi connectivity index (χ3n) is 4.20. The summed E-state index contributed by atoms with van der Waals surface area (Å²) in [5.74, 6) is 1.06. The Balaban J connectivity index is 1.89. The van der Waals surface area contributed by atoms with Gasteiger partial charge in [0.05, 0.1) is 0 Å². The molecule has 1 aliphatic rings. The molecular weight excluding hydrogens is 240 g/mol. The Bertz CT molecular complexity index is 544. The fraction of sp³-hybridized carbons (Fsp3) is 0.533. The molecule has 0 saturated heterocycles. The van der Waals surface area contributed by atoms with E-state index in [-0.39, 0.29) is 0 Å². The van der Waals surface area contributed by atoms with Gasteiger partial charge < -0.3 is 5.32 Å². The highest BCUT2D eigenvalue weighted by Gasteiger charge is 2.32. The van der Waals surface area contributed by atoms with Crippen LogP contribution in [0.1, 0.15) is 39.5 Å². The van der Waals surface area contributed by atoms with Gasteiger partial charge in [0, 0.05) is 22.3 Å². The molecule has 2 heterocycles. The lowest BCUT2D eigenvalue weighted by Crippen LogP contribution is -2.39. The molecule has 1 aliphatic carbocycles. The second kappa shape index (κ2) is 4.54. The molecule has 0 bridgehead atoms. The van der Waals surface area contributed by atoms with E-state index in [4.69, 9.17) is 0 Å². The van der Waals surface area contributed by atoms with E-state index in [1.807, 2.05) is 6.20 Å². The molecule has 18 heavy (non-hydrogen) atoms. The number of hydrogen-bond acceptors (Lipinski definition) is 3. The summed E-state index contributed by atoms with van der Waals surface area (Å²) in [5, 5.41) is 7.11. The third kappa shape index (κ3) is 2.12. The molecule has 96 valence electrons. The van der Waals surface area contributed by atoms with Crippen molar-refractivity contribution in [3.05, 3.63) is 23.7 Å². The van der Waals surface area contributed by atoms with E-state index in [9.17, 15) is 0 Å². The molecule has 2 aromatic heterocycles. The van der Waals surface area contributed by atoms with Crippen LogP contribution in [-0.2, 0) is 0 Å². The number of fused-ring (bicyclic) bond motifs is 1. The van der Waals surface area contributed by atoms with Crippen LogP contribution in [-0.4, -0.2) is 11.0 Å². The molecular formula is C15H20N2S. The van der Waals surface area contributed by atoms with Crippen LogP contribution < -0.4 is 5.32 Å². The van der Waals surface area contributed by atoms with E-state index in [1.165, 1.54) is 35.8 Å². The molecule has 0 spiro atoms. The monoisotopic (exact) mass is 260 g/mol. The number of nitrogens with one attached hydrogen (secondary N) is 1. The Morgan fingerprint density at radius 3 is 3.06 bits per heavy atom. The predicted octanol–water partition coefficient (Wildman–Crippen LogP) is 4.68. The molecule has 2 nitrogen and oxygen atoms in total. The highest BCUT2D eigenvalue weighted by atomic mass is 32.1. The summed E-state index contributed by atoms with van der Waals surface area (Å²) < 4.78 is 1.32. The van der Waals surface area contributed by atoms with Gasteiger partial charge in [-0.1, -0.05) is 26.7 Å². The maximum absolute atomic E-state index is 4.53. The van der Waals surface area contributed by atoms with E-state index >= 15 is 0 Å². The van der Waals surface area contributed by atoms with Crippen LogP contribution in [0.3, 0.4) is 0 Å². The third-order valence-corrected chi connectivity index (χ3v) is 5.08. The quantitative estimate of drug-likeness (QED) is 0.848. The first-order valence-electron chi connectivity index (χ1n) is 6.75. The van der Waals surface area contributed by atoms with E-state index in [1.54, 1.807) is 11.3 Å². The lowest BCUT2D eigenvalue weighted by atomic mass is 9.73. The molecule has 3 rings (SSSR count). The first-order valence-corrected chi connectivity index (χ1v) is 7.63. The maximum atomic E-state index is 4.53. The van der Waals surface area contributed by atoms with Crippen molar-refractivity contribution in [3.63, 3.8) is 0 Å². The van der Waals surface area contributed by atoms with Crippen molar-refractivity contribution < 1.29 is 0 Å². The van der Waals surface area contributed by atoms with E-state index < -0.39 is 0 Å². The summed E-state index contributed by atoms with van der Waals surface area (Å²) in [4.78, 5) is 4.53. The van der Waals surface area contributed by atoms with Crippen LogP contribution in [0.5, 0.6) is 0 Å². The average Bonchev–Trinajstić information content (AvgIpc) is 2.81. The van der Waals surface area contributed by atoms with E-state index in [2.05, 4.69) is 41.7 Å². The summed E-state index contributed by atoms with van der Waals surface area (Å²) in [7, 11) is 0. The predicted molar refractivity (Wildman–Crippen MR) is 79.3 cm³/mol. The molecule has 3 heteroatoms. The number of pyridine rings is 1. The highest BCUT2D eigenvalue weighted by molar-refractivity contribution is 7.17. The fourth-order valence-corrected chi connectivity index (χ4v) is 3.72. The Morgan fingerprint density at radius 2 is 2.22 bits per heavy atom. The highest BCUT2D eigenvalue weighted by Crippen LogP contribution is 2.38. The van der Waals surface area contributed by atoms with Crippen LogP contribution in [0.15, 0.2) is 23.7 Å². The van der Waals surface area contributed by atoms with Crippen molar-refractivity contribution in [2.75, 3.05) is 5.32 Å². The topological polar surface area (TPSA) is 24.9 Å². The van der Waals surface area contributed by atoms with Gasteiger partial charge in [-0.2, -0.15) is 0 Å². The number of nitrogens with zero attached hydrogens (tertiary/aromatic N) is 1. The summed E-state index contributed by atoms with van der Waals surface area (Å²) in [5.41, 5.74) is 0.373. The SMILES string of the molecule is CC1(C)CCCCC1Nc1nccc2sccc12. The number of rotatable bonds is 2. The Labute approximate surface area is 112 Å². The molecule has 0 amide bonds. The van der Waals surface area contributed by atoms with Crippen LogP contribution in [0, 0.1) is 5.41 Å². The molecule has 2 aromatic rings. The molecule has 0 aliphatic heterocycles. The van der Waals surface area contributed by atoms with E-state index in [0.717, 1.165) is 5.82 Å². The Hall–Kier alpha value is -1.09. The van der Waals surface area contributed by atoms with Gasteiger partial charge in [0.25, 0.3) is 0 Å².